The number of ether oxygens (including phenoxy) is 1. The van der Waals surface area contributed by atoms with Gasteiger partial charge in [0, 0.05) is 13.2 Å². The Bertz CT molecular complexity index is 1040. The summed E-state index contributed by atoms with van der Waals surface area (Å²) in [6.07, 6.45) is 1.66. The van der Waals surface area contributed by atoms with Crippen molar-refractivity contribution >= 4 is 10.0 Å². The van der Waals surface area contributed by atoms with Gasteiger partial charge in [-0.2, -0.15) is 5.10 Å². The molecule has 142 valence electrons. The highest BCUT2D eigenvalue weighted by atomic mass is 32.2. The molecule has 0 fully saturated rings. The van der Waals surface area contributed by atoms with Gasteiger partial charge in [-0.15, -0.1) is 0 Å². The predicted molar refractivity (Wildman–Crippen MR) is 98.0 cm³/mol. The van der Waals surface area contributed by atoms with Crippen molar-refractivity contribution in [3.63, 3.8) is 0 Å². The highest BCUT2D eigenvalue weighted by molar-refractivity contribution is 7.89. The molecule has 3 rings (SSSR count). The number of aromatic nitrogens is 3. The second kappa shape index (κ2) is 7.85. The second-order valence-corrected chi connectivity index (χ2v) is 7.48. The minimum Gasteiger partial charge on any atom is -0.491 e. The number of nitrogens with zero attached hydrogens (tertiary/aromatic N) is 3. The summed E-state index contributed by atoms with van der Waals surface area (Å²) in [5.74, 6) is -0.708. The van der Waals surface area contributed by atoms with Crippen molar-refractivity contribution in [1.29, 1.82) is 0 Å². The lowest BCUT2D eigenvalue weighted by molar-refractivity contribution is 0.321. The highest BCUT2D eigenvalue weighted by Gasteiger charge is 2.18. The Labute approximate surface area is 156 Å². The lowest BCUT2D eigenvalue weighted by Crippen LogP contribution is -2.24. The fourth-order valence-electron chi connectivity index (χ4n) is 2.48. The van der Waals surface area contributed by atoms with E-state index in [1.165, 1.54) is 12.1 Å². The van der Waals surface area contributed by atoms with Crippen molar-refractivity contribution in [1.82, 2.24) is 19.5 Å². The minimum absolute atomic E-state index is 0.00744. The van der Waals surface area contributed by atoms with Gasteiger partial charge in [0.2, 0.25) is 10.0 Å². The summed E-state index contributed by atoms with van der Waals surface area (Å²) in [5, 5.41) is 4.34. The largest absolute Gasteiger partial charge is 0.491 e. The molecule has 27 heavy (non-hydrogen) atoms. The van der Waals surface area contributed by atoms with E-state index in [9.17, 15) is 12.8 Å². The first-order valence-electron chi connectivity index (χ1n) is 8.27. The van der Waals surface area contributed by atoms with Gasteiger partial charge < -0.3 is 4.74 Å². The fourth-order valence-corrected chi connectivity index (χ4v) is 3.49. The van der Waals surface area contributed by atoms with Crippen LogP contribution in [0.15, 0.2) is 53.6 Å². The van der Waals surface area contributed by atoms with Crippen molar-refractivity contribution in [3.05, 3.63) is 60.2 Å². The molecule has 0 aliphatic heterocycles. The number of nitrogens with one attached hydrogen (secondary N) is 1. The molecule has 0 saturated heterocycles. The number of halogens is 1. The average Bonchev–Trinajstić information content (AvgIpc) is 3.03. The molecule has 0 atom stereocenters. The number of aryl methyl sites for hydroxylation is 1. The molecule has 1 aromatic carbocycles. The zero-order valence-corrected chi connectivity index (χ0v) is 15.7. The van der Waals surface area contributed by atoms with Crippen LogP contribution in [0.4, 0.5) is 4.39 Å². The van der Waals surface area contributed by atoms with Crippen molar-refractivity contribution in [2.45, 2.75) is 18.4 Å². The molecule has 9 heteroatoms. The number of sulfonamides is 1. The fraction of sp³-hybridized carbons (Fsp3) is 0.222. The zero-order chi connectivity index (χ0) is 19.4. The van der Waals surface area contributed by atoms with Gasteiger partial charge in [0.1, 0.15) is 5.69 Å². The molecule has 3 aromatic rings. The van der Waals surface area contributed by atoms with Crippen molar-refractivity contribution in [2.24, 2.45) is 7.05 Å². The van der Waals surface area contributed by atoms with E-state index in [2.05, 4.69) is 14.8 Å². The quantitative estimate of drug-likeness (QED) is 0.670. The van der Waals surface area contributed by atoms with E-state index >= 15 is 0 Å². The van der Waals surface area contributed by atoms with E-state index < -0.39 is 15.8 Å². The first-order chi connectivity index (χ1) is 12.9. The van der Waals surface area contributed by atoms with Gasteiger partial charge in [0.05, 0.1) is 29.4 Å². The summed E-state index contributed by atoms with van der Waals surface area (Å²) in [5.41, 5.74) is 1.97. The summed E-state index contributed by atoms with van der Waals surface area (Å²) in [4.78, 5) is 4.05. The van der Waals surface area contributed by atoms with Crippen LogP contribution in [0.5, 0.6) is 5.75 Å². The lowest BCUT2D eigenvalue weighted by atomic mass is 10.2. The van der Waals surface area contributed by atoms with Crippen LogP contribution in [0.2, 0.25) is 0 Å². The molecule has 2 aromatic heterocycles. The third-order valence-corrected chi connectivity index (χ3v) is 5.26. The van der Waals surface area contributed by atoms with E-state index in [0.717, 1.165) is 6.07 Å². The summed E-state index contributed by atoms with van der Waals surface area (Å²) < 4.78 is 48.0. The van der Waals surface area contributed by atoms with Crippen LogP contribution in [0.3, 0.4) is 0 Å². The van der Waals surface area contributed by atoms with Crippen LogP contribution < -0.4 is 9.46 Å². The summed E-state index contributed by atoms with van der Waals surface area (Å²) in [7, 11) is -2.17. The van der Waals surface area contributed by atoms with Crippen molar-refractivity contribution in [3.8, 4) is 17.1 Å². The zero-order valence-electron chi connectivity index (χ0n) is 14.9. The van der Waals surface area contributed by atoms with Gasteiger partial charge in [0.15, 0.2) is 11.6 Å². The topological polar surface area (TPSA) is 86.1 Å². The Morgan fingerprint density at radius 1 is 1.19 bits per heavy atom. The highest BCUT2D eigenvalue weighted by Crippen LogP contribution is 2.21. The molecular formula is C18H19FN4O3S. The van der Waals surface area contributed by atoms with E-state index in [0.29, 0.717) is 23.7 Å². The van der Waals surface area contributed by atoms with Gasteiger partial charge in [-0.25, -0.2) is 17.5 Å². The Morgan fingerprint density at radius 3 is 2.67 bits per heavy atom. The first-order valence-corrected chi connectivity index (χ1v) is 9.75. The standard InChI is InChI=1S/C18H19FN4O3S/c1-3-26-18-8-7-14(11-15(18)19)27(24,25)21-12-13-10-17(22-23(13)2)16-6-4-5-9-20-16/h4-11,21H,3,12H2,1-2H3. The molecule has 0 saturated carbocycles. The van der Waals surface area contributed by atoms with E-state index in [-0.39, 0.29) is 17.2 Å². The second-order valence-electron chi connectivity index (χ2n) is 5.71. The molecule has 0 aliphatic rings. The number of pyridine rings is 1. The van der Waals surface area contributed by atoms with Gasteiger partial charge >= 0.3 is 0 Å². The molecular weight excluding hydrogens is 371 g/mol. The molecule has 1 N–H and O–H groups in total. The number of hydrogen-bond acceptors (Lipinski definition) is 5. The monoisotopic (exact) mass is 390 g/mol. The number of benzene rings is 1. The molecule has 0 amide bonds. The van der Waals surface area contributed by atoms with E-state index in [1.807, 2.05) is 12.1 Å². The molecule has 0 radical (unpaired) electrons. The molecule has 0 aliphatic carbocycles. The van der Waals surface area contributed by atoms with Crippen molar-refractivity contribution < 1.29 is 17.5 Å². The molecule has 0 bridgehead atoms. The summed E-state index contributed by atoms with van der Waals surface area (Å²) in [6, 6.07) is 10.8. The van der Waals surface area contributed by atoms with Crippen LogP contribution in [-0.4, -0.2) is 29.8 Å². The molecule has 2 heterocycles. The Balaban J connectivity index is 1.76. The number of hydrogen-bond donors (Lipinski definition) is 1. The normalized spacial score (nSPS) is 11.5. The SMILES string of the molecule is CCOc1ccc(S(=O)(=O)NCc2cc(-c3ccccn3)nn2C)cc1F. The molecule has 7 nitrogen and oxygen atoms in total. The van der Waals surface area contributed by atoms with Crippen LogP contribution in [0, 0.1) is 5.82 Å². The maximum atomic E-state index is 13.9. The Morgan fingerprint density at radius 2 is 2.00 bits per heavy atom. The maximum absolute atomic E-state index is 13.9. The molecule has 0 spiro atoms. The summed E-state index contributed by atoms with van der Waals surface area (Å²) >= 11 is 0. The smallest absolute Gasteiger partial charge is 0.241 e. The van der Waals surface area contributed by atoms with Crippen LogP contribution in [0.25, 0.3) is 11.4 Å². The molecule has 0 unspecified atom stereocenters. The third-order valence-electron chi connectivity index (χ3n) is 3.86. The van der Waals surface area contributed by atoms with E-state index in [1.54, 1.807) is 37.0 Å². The van der Waals surface area contributed by atoms with Gasteiger partial charge in [-0.1, -0.05) is 6.07 Å². The maximum Gasteiger partial charge on any atom is 0.241 e. The lowest BCUT2D eigenvalue weighted by Gasteiger charge is -2.09. The predicted octanol–water partition coefficient (Wildman–Crippen LogP) is 2.50. The number of rotatable bonds is 7. The average molecular weight is 390 g/mol. The third kappa shape index (κ3) is 4.32. The van der Waals surface area contributed by atoms with Crippen LogP contribution in [0.1, 0.15) is 12.6 Å². The van der Waals surface area contributed by atoms with Gasteiger partial charge in [0.25, 0.3) is 0 Å². The van der Waals surface area contributed by atoms with Crippen LogP contribution in [-0.2, 0) is 23.6 Å². The van der Waals surface area contributed by atoms with Gasteiger partial charge in [-0.05, 0) is 43.3 Å². The Hall–Kier alpha value is -2.78. The van der Waals surface area contributed by atoms with Crippen molar-refractivity contribution in [2.75, 3.05) is 6.61 Å². The minimum atomic E-state index is -3.89. The van der Waals surface area contributed by atoms with E-state index in [4.69, 9.17) is 4.74 Å². The first kappa shape index (κ1) is 19.0. The van der Waals surface area contributed by atoms with Gasteiger partial charge in [-0.3, -0.25) is 9.67 Å². The van der Waals surface area contributed by atoms with Crippen LogP contribution >= 0.6 is 0 Å². The summed E-state index contributed by atoms with van der Waals surface area (Å²) in [6.45, 7) is 2.02. The Kier molecular flexibility index (Phi) is 5.52.